The summed E-state index contributed by atoms with van der Waals surface area (Å²) in [6, 6.07) is 4.43. The molecule has 0 radical (unpaired) electrons. The van der Waals surface area contributed by atoms with Gasteiger partial charge in [0, 0.05) is 12.1 Å². The van der Waals surface area contributed by atoms with Gasteiger partial charge in [-0.25, -0.2) is 4.39 Å². The van der Waals surface area contributed by atoms with Gasteiger partial charge in [-0.05, 0) is 31.5 Å². The summed E-state index contributed by atoms with van der Waals surface area (Å²) in [4.78, 5) is 4.36. The van der Waals surface area contributed by atoms with Crippen LogP contribution in [0.15, 0.2) is 22.7 Å². The molecule has 0 fully saturated rings. The SMILES string of the molecule is CCC(C)(CN)c1nc(-c2ccc(F)c(OC)c2)no1. The number of ether oxygens (including phenoxy) is 1. The van der Waals surface area contributed by atoms with Gasteiger partial charge in [-0.1, -0.05) is 12.1 Å². The van der Waals surface area contributed by atoms with Crippen LogP contribution >= 0.6 is 0 Å². The van der Waals surface area contributed by atoms with Crippen molar-refractivity contribution in [3.63, 3.8) is 0 Å². The monoisotopic (exact) mass is 279 g/mol. The molecule has 0 aliphatic heterocycles. The van der Waals surface area contributed by atoms with E-state index in [1.165, 1.54) is 19.2 Å². The predicted molar refractivity (Wildman–Crippen MR) is 72.9 cm³/mol. The molecule has 0 aliphatic carbocycles. The van der Waals surface area contributed by atoms with Crippen molar-refractivity contribution in [2.24, 2.45) is 5.73 Å². The van der Waals surface area contributed by atoms with Crippen molar-refractivity contribution < 1.29 is 13.7 Å². The number of aromatic nitrogens is 2. The highest BCUT2D eigenvalue weighted by Crippen LogP contribution is 2.29. The van der Waals surface area contributed by atoms with E-state index in [1.54, 1.807) is 6.07 Å². The predicted octanol–water partition coefficient (Wildman–Crippen LogP) is 2.51. The molecular formula is C14H18FN3O2. The van der Waals surface area contributed by atoms with Crippen molar-refractivity contribution in [2.45, 2.75) is 25.7 Å². The minimum Gasteiger partial charge on any atom is -0.494 e. The highest BCUT2D eigenvalue weighted by atomic mass is 19.1. The fraction of sp³-hybridized carbons (Fsp3) is 0.429. The van der Waals surface area contributed by atoms with Crippen LogP contribution in [0.1, 0.15) is 26.2 Å². The lowest BCUT2D eigenvalue weighted by Gasteiger charge is -2.20. The topological polar surface area (TPSA) is 74.2 Å². The fourth-order valence-electron chi connectivity index (χ4n) is 1.77. The maximum Gasteiger partial charge on any atom is 0.234 e. The molecule has 2 aromatic rings. The van der Waals surface area contributed by atoms with Gasteiger partial charge in [-0.3, -0.25) is 0 Å². The van der Waals surface area contributed by atoms with E-state index in [0.29, 0.717) is 23.8 Å². The molecular weight excluding hydrogens is 261 g/mol. The van der Waals surface area contributed by atoms with Gasteiger partial charge in [-0.15, -0.1) is 0 Å². The minimum atomic E-state index is -0.430. The minimum absolute atomic E-state index is 0.144. The van der Waals surface area contributed by atoms with E-state index in [0.717, 1.165) is 6.42 Å². The normalized spacial score (nSPS) is 14.1. The van der Waals surface area contributed by atoms with Crippen LogP contribution < -0.4 is 10.5 Å². The first-order valence-electron chi connectivity index (χ1n) is 6.42. The van der Waals surface area contributed by atoms with E-state index in [2.05, 4.69) is 10.1 Å². The quantitative estimate of drug-likeness (QED) is 0.910. The zero-order valence-corrected chi connectivity index (χ0v) is 11.8. The van der Waals surface area contributed by atoms with Crippen molar-refractivity contribution in [1.82, 2.24) is 10.1 Å². The van der Waals surface area contributed by atoms with E-state index < -0.39 is 5.82 Å². The molecule has 0 bridgehead atoms. The Morgan fingerprint density at radius 1 is 1.45 bits per heavy atom. The van der Waals surface area contributed by atoms with Gasteiger partial charge in [0.2, 0.25) is 11.7 Å². The average Bonchev–Trinajstić information content (AvgIpc) is 2.97. The van der Waals surface area contributed by atoms with Gasteiger partial charge in [0.1, 0.15) is 0 Å². The van der Waals surface area contributed by atoms with Crippen LogP contribution in [0.2, 0.25) is 0 Å². The van der Waals surface area contributed by atoms with Gasteiger partial charge in [-0.2, -0.15) is 4.98 Å². The van der Waals surface area contributed by atoms with Crippen LogP contribution in [0, 0.1) is 5.82 Å². The van der Waals surface area contributed by atoms with Crippen molar-refractivity contribution in [3.8, 4) is 17.1 Å². The Morgan fingerprint density at radius 3 is 2.80 bits per heavy atom. The molecule has 0 saturated carbocycles. The average molecular weight is 279 g/mol. The Labute approximate surface area is 116 Å². The highest BCUT2D eigenvalue weighted by Gasteiger charge is 2.30. The Bertz CT molecular complexity index is 594. The number of halogens is 1. The number of methoxy groups -OCH3 is 1. The first-order valence-corrected chi connectivity index (χ1v) is 6.42. The second-order valence-electron chi connectivity index (χ2n) is 4.89. The highest BCUT2D eigenvalue weighted by molar-refractivity contribution is 5.57. The Morgan fingerprint density at radius 2 is 2.20 bits per heavy atom. The van der Waals surface area contributed by atoms with Crippen LogP contribution in [0.3, 0.4) is 0 Å². The zero-order valence-electron chi connectivity index (χ0n) is 11.8. The second kappa shape index (κ2) is 5.58. The molecule has 0 spiro atoms. The van der Waals surface area contributed by atoms with E-state index >= 15 is 0 Å². The molecule has 2 rings (SSSR count). The molecule has 1 atom stereocenters. The molecule has 1 unspecified atom stereocenters. The molecule has 0 saturated heterocycles. The maximum atomic E-state index is 13.4. The third kappa shape index (κ3) is 2.51. The van der Waals surface area contributed by atoms with Crippen molar-refractivity contribution in [3.05, 3.63) is 29.9 Å². The molecule has 1 aromatic carbocycles. The zero-order chi connectivity index (χ0) is 14.8. The Kier molecular flexibility index (Phi) is 4.04. The molecule has 1 heterocycles. The third-order valence-electron chi connectivity index (χ3n) is 3.58. The lowest BCUT2D eigenvalue weighted by atomic mass is 9.88. The van der Waals surface area contributed by atoms with Crippen LogP contribution in [-0.4, -0.2) is 23.8 Å². The second-order valence-corrected chi connectivity index (χ2v) is 4.89. The molecule has 20 heavy (non-hydrogen) atoms. The number of rotatable bonds is 5. The number of hydrogen-bond acceptors (Lipinski definition) is 5. The Hall–Kier alpha value is -1.95. The fourth-order valence-corrected chi connectivity index (χ4v) is 1.77. The summed E-state index contributed by atoms with van der Waals surface area (Å²) in [6.45, 7) is 4.39. The number of nitrogens with zero attached hydrogens (tertiary/aromatic N) is 2. The number of benzene rings is 1. The lowest BCUT2D eigenvalue weighted by molar-refractivity contribution is 0.291. The van der Waals surface area contributed by atoms with Crippen LogP contribution in [0.25, 0.3) is 11.4 Å². The molecule has 1 aromatic heterocycles. The summed E-state index contributed by atoms with van der Waals surface area (Å²) in [7, 11) is 1.41. The molecule has 2 N–H and O–H groups in total. The summed E-state index contributed by atoms with van der Waals surface area (Å²) in [6.07, 6.45) is 0.790. The maximum absolute atomic E-state index is 13.4. The molecule has 108 valence electrons. The van der Waals surface area contributed by atoms with Crippen molar-refractivity contribution in [1.29, 1.82) is 0 Å². The summed E-state index contributed by atoms with van der Waals surface area (Å²) in [5, 5.41) is 3.93. The van der Waals surface area contributed by atoms with Gasteiger partial charge in [0.25, 0.3) is 0 Å². The largest absolute Gasteiger partial charge is 0.494 e. The number of hydrogen-bond donors (Lipinski definition) is 1. The van der Waals surface area contributed by atoms with Crippen LogP contribution in [0.4, 0.5) is 4.39 Å². The van der Waals surface area contributed by atoms with Crippen LogP contribution in [-0.2, 0) is 5.41 Å². The van der Waals surface area contributed by atoms with Crippen molar-refractivity contribution >= 4 is 0 Å². The molecule has 0 aliphatic rings. The summed E-state index contributed by atoms with van der Waals surface area (Å²) in [5.74, 6) is 0.596. The summed E-state index contributed by atoms with van der Waals surface area (Å²) >= 11 is 0. The lowest BCUT2D eigenvalue weighted by Crippen LogP contribution is -2.31. The van der Waals surface area contributed by atoms with Gasteiger partial charge in [0.05, 0.1) is 12.5 Å². The third-order valence-corrected chi connectivity index (χ3v) is 3.58. The number of nitrogens with two attached hydrogens (primary N) is 1. The van der Waals surface area contributed by atoms with Crippen molar-refractivity contribution in [2.75, 3.05) is 13.7 Å². The van der Waals surface area contributed by atoms with Gasteiger partial charge < -0.3 is 15.0 Å². The first-order chi connectivity index (χ1) is 9.54. The summed E-state index contributed by atoms with van der Waals surface area (Å²) < 4.78 is 23.6. The summed E-state index contributed by atoms with van der Waals surface area (Å²) in [5.41, 5.74) is 6.05. The first kappa shape index (κ1) is 14.5. The standard InChI is InChI=1S/C14H18FN3O2/c1-4-14(2,8-16)13-17-12(18-20-13)9-5-6-10(15)11(7-9)19-3/h5-7H,4,8,16H2,1-3H3. The molecule has 5 nitrogen and oxygen atoms in total. The molecule has 0 amide bonds. The van der Waals surface area contributed by atoms with E-state index in [9.17, 15) is 4.39 Å². The van der Waals surface area contributed by atoms with Gasteiger partial charge in [0.15, 0.2) is 11.6 Å². The van der Waals surface area contributed by atoms with E-state index in [-0.39, 0.29) is 11.2 Å². The van der Waals surface area contributed by atoms with E-state index in [1.807, 2.05) is 13.8 Å². The Balaban J connectivity index is 2.38. The van der Waals surface area contributed by atoms with E-state index in [4.69, 9.17) is 15.0 Å². The van der Waals surface area contributed by atoms with Gasteiger partial charge >= 0.3 is 0 Å². The van der Waals surface area contributed by atoms with Crippen LogP contribution in [0.5, 0.6) is 5.75 Å². The smallest absolute Gasteiger partial charge is 0.234 e. The molecule has 6 heteroatoms.